The first kappa shape index (κ1) is 14.8. The molecule has 0 aliphatic rings. The average Bonchev–Trinajstić information content (AvgIpc) is 2.85. The number of imidazole rings is 1. The Kier molecular flexibility index (Phi) is 4.00. The van der Waals surface area contributed by atoms with Crippen LogP contribution in [0.4, 0.5) is 5.82 Å². The van der Waals surface area contributed by atoms with Gasteiger partial charge in [0.15, 0.2) is 0 Å². The fourth-order valence-electron chi connectivity index (χ4n) is 2.46. The van der Waals surface area contributed by atoms with Crippen LogP contribution in [0.5, 0.6) is 0 Å². The smallest absolute Gasteiger partial charge is 0.142 e. The van der Waals surface area contributed by atoms with Gasteiger partial charge in [-0.15, -0.1) is 0 Å². The fourth-order valence-corrected chi connectivity index (χ4v) is 2.65. The summed E-state index contributed by atoms with van der Waals surface area (Å²) in [5.41, 5.74) is 2.81. The third-order valence-electron chi connectivity index (χ3n) is 3.70. The minimum atomic E-state index is 0.0719. The van der Waals surface area contributed by atoms with E-state index in [1.165, 1.54) is 0 Å². The summed E-state index contributed by atoms with van der Waals surface area (Å²) >= 11 is 6.33. The van der Waals surface area contributed by atoms with E-state index in [0.29, 0.717) is 11.6 Å². The first-order valence-electron chi connectivity index (χ1n) is 7.01. The minimum absolute atomic E-state index is 0.0719. The maximum absolute atomic E-state index is 9.07. The summed E-state index contributed by atoms with van der Waals surface area (Å²) in [6.45, 7) is 0.582. The van der Waals surface area contributed by atoms with Gasteiger partial charge in [-0.3, -0.25) is 0 Å². The molecule has 2 aromatic heterocycles. The van der Waals surface area contributed by atoms with Crippen molar-refractivity contribution in [2.75, 3.05) is 25.1 Å². The van der Waals surface area contributed by atoms with Crippen LogP contribution in [0.3, 0.4) is 0 Å². The quantitative estimate of drug-likeness (QED) is 0.804. The molecule has 3 rings (SSSR count). The van der Waals surface area contributed by atoms with E-state index in [2.05, 4.69) is 9.97 Å². The van der Waals surface area contributed by atoms with Crippen LogP contribution in [0.15, 0.2) is 36.5 Å². The lowest BCUT2D eigenvalue weighted by Gasteiger charge is -2.17. The summed E-state index contributed by atoms with van der Waals surface area (Å²) < 4.78 is 2.02. The van der Waals surface area contributed by atoms with Crippen molar-refractivity contribution >= 4 is 28.5 Å². The third kappa shape index (κ3) is 2.53. The number of nitrogens with zero attached hydrogens (tertiary/aromatic N) is 4. The van der Waals surface area contributed by atoms with Crippen molar-refractivity contribution in [3.63, 3.8) is 0 Å². The van der Waals surface area contributed by atoms with E-state index in [-0.39, 0.29) is 6.61 Å². The van der Waals surface area contributed by atoms with E-state index in [4.69, 9.17) is 16.7 Å². The predicted molar refractivity (Wildman–Crippen MR) is 89.3 cm³/mol. The second-order valence-electron chi connectivity index (χ2n) is 5.15. The molecule has 0 atom stereocenters. The molecule has 2 heterocycles. The Balaban J connectivity index is 2.13. The highest BCUT2D eigenvalue weighted by Gasteiger charge is 2.15. The molecule has 0 amide bonds. The molecule has 0 spiro atoms. The van der Waals surface area contributed by atoms with Crippen LogP contribution < -0.4 is 4.90 Å². The van der Waals surface area contributed by atoms with E-state index in [9.17, 15) is 0 Å². The van der Waals surface area contributed by atoms with Gasteiger partial charge >= 0.3 is 0 Å². The Bertz CT molecular complexity index is 815. The largest absolute Gasteiger partial charge is 0.395 e. The zero-order chi connectivity index (χ0) is 15.7. The van der Waals surface area contributed by atoms with Crippen LogP contribution in [0.1, 0.15) is 0 Å². The van der Waals surface area contributed by atoms with Crippen molar-refractivity contribution in [3.8, 4) is 11.4 Å². The highest BCUT2D eigenvalue weighted by molar-refractivity contribution is 6.33. The molecule has 114 valence electrons. The molecular weight excluding hydrogens is 300 g/mol. The summed E-state index contributed by atoms with van der Waals surface area (Å²) in [7, 11) is 3.85. The molecule has 0 saturated heterocycles. The highest BCUT2D eigenvalue weighted by atomic mass is 35.5. The Morgan fingerprint density at radius 3 is 2.82 bits per heavy atom. The topological polar surface area (TPSA) is 54.2 Å². The molecule has 5 nitrogen and oxygen atoms in total. The summed E-state index contributed by atoms with van der Waals surface area (Å²) in [5, 5.41) is 9.62. The predicted octanol–water partition coefficient (Wildman–Crippen LogP) is 2.72. The maximum atomic E-state index is 9.07. The number of rotatable bonds is 4. The van der Waals surface area contributed by atoms with Crippen LogP contribution in [0.25, 0.3) is 22.4 Å². The first-order chi connectivity index (χ1) is 10.6. The summed E-state index contributed by atoms with van der Waals surface area (Å²) in [4.78, 5) is 10.9. The van der Waals surface area contributed by atoms with Crippen molar-refractivity contribution in [1.29, 1.82) is 0 Å². The van der Waals surface area contributed by atoms with E-state index in [0.717, 1.165) is 28.2 Å². The SMILES string of the molecule is CN(CCO)c1cc(-c2nc3ccccc3n2C)c(Cl)cn1. The van der Waals surface area contributed by atoms with Gasteiger partial charge in [0.05, 0.1) is 22.7 Å². The number of aliphatic hydroxyl groups is 1. The number of fused-ring (bicyclic) bond motifs is 1. The van der Waals surface area contributed by atoms with Crippen molar-refractivity contribution < 1.29 is 5.11 Å². The molecule has 6 heteroatoms. The number of likely N-dealkylation sites (N-methyl/N-ethyl adjacent to an activating group) is 1. The van der Waals surface area contributed by atoms with Gasteiger partial charge in [-0.2, -0.15) is 0 Å². The van der Waals surface area contributed by atoms with Crippen molar-refractivity contribution in [3.05, 3.63) is 41.6 Å². The van der Waals surface area contributed by atoms with E-state index in [1.807, 2.05) is 53.9 Å². The number of aryl methyl sites for hydroxylation is 1. The van der Waals surface area contributed by atoms with Crippen LogP contribution in [0, 0.1) is 0 Å². The van der Waals surface area contributed by atoms with Crippen LogP contribution in [0.2, 0.25) is 5.02 Å². The standard InChI is InChI=1S/C16H17ClN4O/c1-20(7-8-22)15-9-11(12(17)10-18-15)16-19-13-5-3-4-6-14(13)21(16)2/h3-6,9-10,22H,7-8H2,1-2H3. The second-order valence-corrected chi connectivity index (χ2v) is 5.56. The minimum Gasteiger partial charge on any atom is -0.395 e. The summed E-state index contributed by atoms with van der Waals surface area (Å²) in [6.07, 6.45) is 1.62. The molecule has 1 aromatic carbocycles. The maximum Gasteiger partial charge on any atom is 0.142 e. The number of pyridine rings is 1. The molecule has 1 N–H and O–H groups in total. The number of anilines is 1. The van der Waals surface area contributed by atoms with E-state index in [1.54, 1.807) is 6.20 Å². The molecule has 3 aromatic rings. The second kappa shape index (κ2) is 5.94. The fraction of sp³-hybridized carbons (Fsp3) is 0.250. The number of para-hydroxylation sites is 2. The van der Waals surface area contributed by atoms with E-state index >= 15 is 0 Å². The lowest BCUT2D eigenvalue weighted by molar-refractivity contribution is 0.304. The molecule has 0 aliphatic carbocycles. The van der Waals surface area contributed by atoms with Gasteiger partial charge in [0.25, 0.3) is 0 Å². The number of aliphatic hydroxyl groups excluding tert-OH is 1. The monoisotopic (exact) mass is 316 g/mol. The van der Waals surface area contributed by atoms with Gasteiger partial charge in [0, 0.05) is 32.4 Å². The van der Waals surface area contributed by atoms with Gasteiger partial charge < -0.3 is 14.6 Å². The normalized spacial score (nSPS) is 11.1. The zero-order valence-electron chi connectivity index (χ0n) is 12.5. The van der Waals surface area contributed by atoms with Gasteiger partial charge in [-0.05, 0) is 18.2 Å². The highest BCUT2D eigenvalue weighted by Crippen LogP contribution is 2.31. The van der Waals surface area contributed by atoms with Crippen LogP contribution in [-0.2, 0) is 7.05 Å². The molecule has 0 unspecified atom stereocenters. The Morgan fingerprint density at radius 2 is 2.09 bits per heavy atom. The molecule has 0 radical (unpaired) electrons. The summed E-state index contributed by atoms with van der Waals surface area (Å²) in [5.74, 6) is 1.55. The van der Waals surface area contributed by atoms with Crippen LogP contribution in [-0.4, -0.2) is 39.8 Å². The van der Waals surface area contributed by atoms with Gasteiger partial charge in [-0.1, -0.05) is 23.7 Å². The lowest BCUT2D eigenvalue weighted by atomic mass is 10.2. The number of hydrogen-bond donors (Lipinski definition) is 1. The Labute approximate surface area is 133 Å². The lowest BCUT2D eigenvalue weighted by Crippen LogP contribution is -2.22. The number of hydrogen-bond acceptors (Lipinski definition) is 4. The molecule has 0 fully saturated rings. The zero-order valence-corrected chi connectivity index (χ0v) is 13.2. The van der Waals surface area contributed by atoms with Gasteiger partial charge in [0.1, 0.15) is 11.6 Å². The van der Waals surface area contributed by atoms with Gasteiger partial charge in [-0.25, -0.2) is 9.97 Å². The van der Waals surface area contributed by atoms with E-state index < -0.39 is 0 Å². The van der Waals surface area contributed by atoms with Crippen molar-refractivity contribution in [1.82, 2.24) is 14.5 Å². The third-order valence-corrected chi connectivity index (χ3v) is 4.00. The first-order valence-corrected chi connectivity index (χ1v) is 7.39. The van der Waals surface area contributed by atoms with Gasteiger partial charge in [0.2, 0.25) is 0 Å². The molecular formula is C16H17ClN4O. The number of aromatic nitrogens is 3. The molecule has 0 saturated carbocycles. The molecule has 0 bridgehead atoms. The number of benzene rings is 1. The Morgan fingerprint density at radius 1 is 1.32 bits per heavy atom. The molecule has 0 aliphatic heterocycles. The van der Waals surface area contributed by atoms with Crippen LogP contribution >= 0.6 is 11.6 Å². The Hall–Kier alpha value is -2.11. The summed E-state index contributed by atoms with van der Waals surface area (Å²) in [6, 6.07) is 9.86. The van der Waals surface area contributed by atoms with Crippen molar-refractivity contribution in [2.24, 2.45) is 7.05 Å². The van der Waals surface area contributed by atoms with Crippen molar-refractivity contribution in [2.45, 2.75) is 0 Å². The molecule has 22 heavy (non-hydrogen) atoms. The average molecular weight is 317 g/mol. The number of halogens is 1.